The Balaban J connectivity index is 1.79. The molecule has 118 valence electrons. The number of rotatable bonds is 7. The second kappa shape index (κ2) is 6.69. The van der Waals surface area contributed by atoms with Gasteiger partial charge >= 0.3 is 0 Å². The van der Waals surface area contributed by atoms with E-state index < -0.39 is 0 Å². The van der Waals surface area contributed by atoms with Gasteiger partial charge in [0.05, 0.1) is 6.54 Å². The van der Waals surface area contributed by atoms with E-state index in [2.05, 4.69) is 48.8 Å². The van der Waals surface area contributed by atoms with Crippen LogP contribution in [-0.4, -0.2) is 30.4 Å². The summed E-state index contributed by atoms with van der Waals surface area (Å²) in [6, 6.07) is 10.7. The van der Waals surface area contributed by atoms with Crippen LogP contribution in [0.25, 0.3) is 10.8 Å². The SMILES string of the molecule is C=CCN(CC=C)C(=O)CNc1ccc2c3c(cccc13)CC2. The monoisotopic (exact) mass is 306 g/mol. The van der Waals surface area contributed by atoms with Gasteiger partial charge in [-0.3, -0.25) is 4.79 Å². The average Bonchev–Trinajstić information content (AvgIpc) is 2.99. The lowest BCUT2D eigenvalue weighted by Gasteiger charge is -2.20. The number of amides is 1. The number of hydrogen-bond acceptors (Lipinski definition) is 2. The van der Waals surface area contributed by atoms with Gasteiger partial charge in [-0.15, -0.1) is 13.2 Å². The predicted molar refractivity (Wildman–Crippen MR) is 96.8 cm³/mol. The molecule has 0 radical (unpaired) electrons. The third kappa shape index (κ3) is 3.00. The molecule has 3 rings (SSSR count). The normalized spacial score (nSPS) is 12.2. The van der Waals surface area contributed by atoms with Crippen LogP contribution in [0.1, 0.15) is 11.1 Å². The maximum atomic E-state index is 12.3. The lowest BCUT2D eigenvalue weighted by molar-refractivity contribution is -0.128. The van der Waals surface area contributed by atoms with Crippen molar-refractivity contribution in [2.24, 2.45) is 0 Å². The van der Waals surface area contributed by atoms with Gasteiger partial charge < -0.3 is 10.2 Å². The highest BCUT2D eigenvalue weighted by Crippen LogP contribution is 2.34. The minimum atomic E-state index is 0.0491. The molecule has 2 aromatic carbocycles. The molecule has 1 aliphatic rings. The molecule has 2 aromatic rings. The highest BCUT2D eigenvalue weighted by atomic mass is 16.2. The lowest BCUT2D eigenvalue weighted by Crippen LogP contribution is -2.35. The first kappa shape index (κ1) is 15.3. The van der Waals surface area contributed by atoms with E-state index in [1.54, 1.807) is 17.1 Å². The van der Waals surface area contributed by atoms with Crippen LogP contribution < -0.4 is 5.32 Å². The second-order valence-corrected chi connectivity index (χ2v) is 5.84. The first-order valence-electron chi connectivity index (χ1n) is 8.01. The summed E-state index contributed by atoms with van der Waals surface area (Å²) in [5, 5.41) is 5.88. The van der Waals surface area contributed by atoms with Crippen LogP contribution in [0.3, 0.4) is 0 Å². The van der Waals surface area contributed by atoms with Crippen LogP contribution in [-0.2, 0) is 17.6 Å². The number of anilines is 1. The highest BCUT2D eigenvalue weighted by Gasteiger charge is 2.16. The molecule has 0 unspecified atom stereocenters. The Kier molecular flexibility index (Phi) is 4.47. The van der Waals surface area contributed by atoms with E-state index in [1.165, 1.54) is 21.9 Å². The fourth-order valence-electron chi connectivity index (χ4n) is 3.27. The summed E-state index contributed by atoms with van der Waals surface area (Å²) < 4.78 is 0. The Morgan fingerprint density at radius 3 is 2.48 bits per heavy atom. The van der Waals surface area contributed by atoms with E-state index in [1.807, 2.05) is 0 Å². The minimum absolute atomic E-state index is 0.0491. The second-order valence-electron chi connectivity index (χ2n) is 5.84. The number of nitrogens with one attached hydrogen (secondary N) is 1. The van der Waals surface area contributed by atoms with Gasteiger partial charge in [-0.25, -0.2) is 0 Å². The van der Waals surface area contributed by atoms with E-state index in [0.29, 0.717) is 13.1 Å². The molecule has 1 N–H and O–H groups in total. The largest absolute Gasteiger partial charge is 0.376 e. The summed E-state index contributed by atoms with van der Waals surface area (Å²) in [5.41, 5.74) is 3.85. The molecule has 0 aromatic heterocycles. The third-order valence-corrected chi connectivity index (χ3v) is 4.36. The van der Waals surface area contributed by atoms with Crippen molar-refractivity contribution in [3.05, 3.63) is 66.8 Å². The van der Waals surface area contributed by atoms with Gasteiger partial charge in [0.25, 0.3) is 0 Å². The van der Waals surface area contributed by atoms with Crippen molar-refractivity contribution in [2.45, 2.75) is 12.8 Å². The van der Waals surface area contributed by atoms with Crippen LogP contribution in [0, 0.1) is 0 Å². The molecule has 1 amide bonds. The fraction of sp³-hybridized carbons (Fsp3) is 0.250. The van der Waals surface area contributed by atoms with Gasteiger partial charge in [0.2, 0.25) is 5.91 Å². The number of carbonyl (C=O) groups is 1. The van der Waals surface area contributed by atoms with Crippen LogP contribution >= 0.6 is 0 Å². The zero-order valence-electron chi connectivity index (χ0n) is 13.3. The van der Waals surface area contributed by atoms with Gasteiger partial charge in [0.1, 0.15) is 0 Å². The molecule has 3 heteroatoms. The van der Waals surface area contributed by atoms with Crippen LogP contribution in [0.4, 0.5) is 5.69 Å². The summed E-state index contributed by atoms with van der Waals surface area (Å²) in [7, 11) is 0. The van der Waals surface area contributed by atoms with Gasteiger partial charge in [0, 0.05) is 24.2 Å². The highest BCUT2D eigenvalue weighted by molar-refractivity contribution is 6.00. The predicted octanol–water partition coefficient (Wildman–Crippen LogP) is 3.55. The van der Waals surface area contributed by atoms with Crippen LogP contribution in [0.5, 0.6) is 0 Å². The first-order valence-corrected chi connectivity index (χ1v) is 8.01. The van der Waals surface area contributed by atoms with Gasteiger partial charge in [-0.05, 0) is 35.4 Å². The van der Waals surface area contributed by atoms with Crippen molar-refractivity contribution >= 4 is 22.4 Å². The lowest BCUT2D eigenvalue weighted by atomic mass is 10.0. The zero-order valence-corrected chi connectivity index (χ0v) is 13.3. The average molecular weight is 306 g/mol. The number of benzene rings is 2. The molecule has 0 aliphatic heterocycles. The van der Waals surface area contributed by atoms with Crippen molar-refractivity contribution in [1.29, 1.82) is 0 Å². The van der Waals surface area contributed by atoms with E-state index in [9.17, 15) is 4.79 Å². The molecule has 0 heterocycles. The Hall–Kier alpha value is -2.55. The molecular weight excluding hydrogens is 284 g/mol. The number of carbonyl (C=O) groups excluding carboxylic acids is 1. The number of hydrogen-bond donors (Lipinski definition) is 1. The Morgan fingerprint density at radius 1 is 1.09 bits per heavy atom. The quantitative estimate of drug-likeness (QED) is 0.793. The molecule has 0 saturated carbocycles. The molecule has 0 atom stereocenters. The summed E-state index contributed by atoms with van der Waals surface area (Å²) in [6.07, 6.45) is 5.70. The third-order valence-electron chi connectivity index (χ3n) is 4.36. The minimum Gasteiger partial charge on any atom is -0.376 e. The summed E-state index contributed by atoms with van der Waals surface area (Å²) in [6.45, 7) is 8.76. The molecule has 0 bridgehead atoms. The van der Waals surface area contributed by atoms with Crippen LogP contribution in [0.15, 0.2) is 55.6 Å². The maximum Gasteiger partial charge on any atom is 0.242 e. The Labute approximate surface area is 137 Å². The maximum absolute atomic E-state index is 12.3. The molecule has 23 heavy (non-hydrogen) atoms. The van der Waals surface area contributed by atoms with Crippen LogP contribution in [0.2, 0.25) is 0 Å². The van der Waals surface area contributed by atoms with Crippen molar-refractivity contribution in [2.75, 3.05) is 25.0 Å². The van der Waals surface area contributed by atoms with E-state index in [-0.39, 0.29) is 12.5 Å². The van der Waals surface area contributed by atoms with Gasteiger partial charge in [-0.1, -0.05) is 36.4 Å². The topological polar surface area (TPSA) is 32.3 Å². The van der Waals surface area contributed by atoms with Crippen molar-refractivity contribution in [3.8, 4) is 0 Å². The molecule has 0 fully saturated rings. The standard InChI is InChI=1S/C20H22N2O/c1-3-12-22(13-4-2)19(23)14-21-18-11-10-16-9-8-15-6-5-7-17(18)20(15)16/h3-7,10-11,21H,1-2,8-9,12-14H2. The molecule has 0 spiro atoms. The fourth-order valence-corrected chi connectivity index (χ4v) is 3.27. The number of aryl methyl sites for hydroxylation is 2. The first-order chi connectivity index (χ1) is 11.2. The van der Waals surface area contributed by atoms with Crippen molar-refractivity contribution in [3.63, 3.8) is 0 Å². The van der Waals surface area contributed by atoms with Gasteiger partial charge in [-0.2, -0.15) is 0 Å². The summed E-state index contributed by atoms with van der Waals surface area (Å²) in [4.78, 5) is 14.1. The smallest absolute Gasteiger partial charge is 0.242 e. The number of nitrogens with zero attached hydrogens (tertiary/aromatic N) is 1. The molecule has 3 nitrogen and oxygen atoms in total. The van der Waals surface area contributed by atoms with E-state index >= 15 is 0 Å². The summed E-state index contributed by atoms with van der Waals surface area (Å²) >= 11 is 0. The molecule has 1 aliphatic carbocycles. The van der Waals surface area contributed by atoms with E-state index in [4.69, 9.17) is 0 Å². The zero-order chi connectivity index (χ0) is 16.2. The Morgan fingerprint density at radius 2 is 1.78 bits per heavy atom. The van der Waals surface area contributed by atoms with Crippen molar-refractivity contribution < 1.29 is 4.79 Å². The van der Waals surface area contributed by atoms with Gasteiger partial charge in [0.15, 0.2) is 0 Å². The summed E-state index contributed by atoms with van der Waals surface area (Å²) in [5.74, 6) is 0.0491. The Bertz CT molecular complexity index is 743. The molecule has 0 saturated heterocycles. The molecular formula is C20H22N2O. The van der Waals surface area contributed by atoms with Crippen molar-refractivity contribution in [1.82, 2.24) is 4.90 Å². The van der Waals surface area contributed by atoms with E-state index in [0.717, 1.165) is 18.5 Å².